The first-order chi connectivity index (χ1) is 12.7. The van der Waals surface area contributed by atoms with E-state index in [9.17, 15) is 14.7 Å². The zero-order chi connectivity index (χ0) is 19.4. The number of aryl methyl sites for hydroxylation is 1. The summed E-state index contributed by atoms with van der Waals surface area (Å²) >= 11 is 0. The van der Waals surface area contributed by atoms with Gasteiger partial charge in [-0.25, -0.2) is 0 Å². The molecule has 1 aliphatic carbocycles. The van der Waals surface area contributed by atoms with Crippen LogP contribution in [0.5, 0.6) is 0 Å². The molecule has 1 heterocycles. The highest BCUT2D eigenvalue weighted by Gasteiger charge is 2.57. The molecule has 1 unspecified atom stereocenters. The van der Waals surface area contributed by atoms with Gasteiger partial charge in [0, 0.05) is 23.4 Å². The van der Waals surface area contributed by atoms with Crippen molar-refractivity contribution in [2.24, 2.45) is 5.41 Å². The summed E-state index contributed by atoms with van der Waals surface area (Å²) in [6.45, 7) is 6.03. The molecule has 0 aromatic heterocycles. The quantitative estimate of drug-likeness (QED) is 0.825. The Hall–Kier alpha value is -2.72. The molecular formula is C23H23NO3. The average Bonchev–Trinajstić information content (AvgIpc) is 2.84. The van der Waals surface area contributed by atoms with Crippen molar-refractivity contribution in [3.63, 3.8) is 0 Å². The molecule has 2 aliphatic rings. The minimum absolute atomic E-state index is 0.154. The Morgan fingerprint density at radius 3 is 2.19 bits per heavy atom. The predicted molar refractivity (Wildman–Crippen MR) is 104 cm³/mol. The molecule has 2 aromatic carbocycles. The van der Waals surface area contributed by atoms with Gasteiger partial charge >= 0.3 is 0 Å². The highest BCUT2D eigenvalue weighted by molar-refractivity contribution is 6.27. The maximum Gasteiger partial charge on any atom is 0.234 e. The number of carbonyl (C=O) groups excluding carboxylic acids is 2. The van der Waals surface area contributed by atoms with Gasteiger partial charge in [0.2, 0.25) is 11.5 Å². The largest absolute Gasteiger partial charge is 0.360 e. The number of benzene rings is 2. The van der Waals surface area contributed by atoms with Gasteiger partial charge in [-0.15, -0.1) is 0 Å². The third-order valence-electron chi connectivity index (χ3n) is 5.46. The molecule has 4 rings (SSSR count). The third-order valence-corrected chi connectivity index (χ3v) is 5.46. The molecule has 1 aliphatic heterocycles. The van der Waals surface area contributed by atoms with E-state index in [1.807, 2.05) is 51.1 Å². The lowest BCUT2D eigenvalue weighted by atomic mass is 9.75. The second kappa shape index (κ2) is 5.89. The molecule has 4 nitrogen and oxygen atoms in total. The second-order valence-electron chi connectivity index (χ2n) is 8.30. The van der Waals surface area contributed by atoms with Crippen LogP contribution in [-0.2, 0) is 15.3 Å². The van der Waals surface area contributed by atoms with E-state index in [0.717, 1.165) is 5.56 Å². The number of rotatable bonds is 2. The lowest BCUT2D eigenvalue weighted by Crippen LogP contribution is -2.47. The second-order valence-corrected chi connectivity index (χ2v) is 8.30. The summed E-state index contributed by atoms with van der Waals surface area (Å²) in [5.41, 5.74) is 0.865. The van der Waals surface area contributed by atoms with E-state index in [1.54, 1.807) is 29.2 Å². The summed E-state index contributed by atoms with van der Waals surface area (Å²) in [7, 11) is 0. The fourth-order valence-electron chi connectivity index (χ4n) is 4.18. The van der Waals surface area contributed by atoms with E-state index < -0.39 is 11.5 Å². The minimum atomic E-state index is -1.91. The molecule has 138 valence electrons. The number of nitrogens with zero attached hydrogens (tertiary/aromatic N) is 1. The molecule has 1 N–H and O–H groups in total. The molecule has 2 aromatic rings. The van der Waals surface area contributed by atoms with E-state index in [0.29, 0.717) is 29.8 Å². The van der Waals surface area contributed by atoms with Gasteiger partial charge in [-0.05, 0) is 30.9 Å². The average molecular weight is 361 g/mol. The highest BCUT2D eigenvalue weighted by Crippen LogP contribution is 2.50. The van der Waals surface area contributed by atoms with Crippen LogP contribution >= 0.6 is 0 Å². The Morgan fingerprint density at radius 1 is 0.926 bits per heavy atom. The number of allylic oxidation sites excluding steroid dienone is 1. The summed E-state index contributed by atoms with van der Waals surface area (Å²) in [4.78, 5) is 27.9. The first kappa shape index (κ1) is 17.7. The van der Waals surface area contributed by atoms with E-state index in [-0.39, 0.29) is 16.8 Å². The Balaban J connectivity index is 1.97. The monoisotopic (exact) mass is 361 g/mol. The van der Waals surface area contributed by atoms with Crippen molar-refractivity contribution < 1.29 is 14.7 Å². The smallest absolute Gasteiger partial charge is 0.234 e. The number of ketones is 2. The van der Waals surface area contributed by atoms with Crippen LogP contribution in [0.1, 0.15) is 37.8 Å². The van der Waals surface area contributed by atoms with E-state index in [1.165, 1.54) is 0 Å². The van der Waals surface area contributed by atoms with Crippen molar-refractivity contribution in [3.05, 3.63) is 77.0 Å². The van der Waals surface area contributed by atoms with Crippen molar-refractivity contribution in [3.8, 4) is 0 Å². The molecule has 27 heavy (non-hydrogen) atoms. The van der Waals surface area contributed by atoms with Crippen molar-refractivity contribution in [1.82, 2.24) is 0 Å². The van der Waals surface area contributed by atoms with Crippen LogP contribution in [0.15, 0.2) is 65.9 Å². The Labute approximate surface area is 159 Å². The molecule has 0 spiro atoms. The van der Waals surface area contributed by atoms with Crippen LogP contribution in [0, 0.1) is 12.3 Å². The molecule has 0 radical (unpaired) electrons. The summed E-state index contributed by atoms with van der Waals surface area (Å²) < 4.78 is 0. The molecule has 4 heteroatoms. The van der Waals surface area contributed by atoms with Gasteiger partial charge in [0.15, 0.2) is 5.78 Å². The van der Waals surface area contributed by atoms with Crippen molar-refractivity contribution in [1.29, 1.82) is 0 Å². The topological polar surface area (TPSA) is 57.6 Å². The summed E-state index contributed by atoms with van der Waals surface area (Å²) in [5.74, 6) is -0.708. The lowest BCUT2D eigenvalue weighted by molar-refractivity contribution is -0.133. The van der Waals surface area contributed by atoms with Crippen LogP contribution in [0.25, 0.3) is 0 Å². The van der Waals surface area contributed by atoms with E-state index in [4.69, 9.17) is 0 Å². The van der Waals surface area contributed by atoms with Crippen molar-refractivity contribution in [2.45, 2.75) is 39.3 Å². The highest BCUT2D eigenvalue weighted by atomic mass is 16.3. The maximum absolute atomic E-state index is 13.4. The first-order valence-electron chi connectivity index (χ1n) is 9.20. The van der Waals surface area contributed by atoms with Gasteiger partial charge in [-0.3, -0.25) is 9.59 Å². The summed E-state index contributed by atoms with van der Waals surface area (Å²) in [6, 6.07) is 16.5. The SMILES string of the molecule is Cc1ccc(N2C3=C(C(=O)CC(C)(C)C3)C(=O)C2(O)c2ccccc2)cc1. The number of hydrogen-bond donors (Lipinski definition) is 1. The Morgan fingerprint density at radius 2 is 1.56 bits per heavy atom. The summed E-state index contributed by atoms with van der Waals surface area (Å²) in [5, 5.41) is 11.7. The molecule has 0 saturated heterocycles. The zero-order valence-corrected chi connectivity index (χ0v) is 15.8. The van der Waals surface area contributed by atoms with Gasteiger partial charge in [0.1, 0.15) is 0 Å². The normalized spacial score (nSPS) is 24.4. The third kappa shape index (κ3) is 2.63. The van der Waals surface area contributed by atoms with Gasteiger partial charge < -0.3 is 10.0 Å². The van der Waals surface area contributed by atoms with Crippen LogP contribution in [0.4, 0.5) is 5.69 Å². The fraction of sp³-hybridized carbons (Fsp3) is 0.304. The maximum atomic E-state index is 13.4. The molecular weight excluding hydrogens is 338 g/mol. The van der Waals surface area contributed by atoms with Crippen LogP contribution in [0.3, 0.4) is 0 Å². The predicted octanol–water partition coefficient (Wildman–Crippen LogP) is 3.87. The van der Waals surface area contributed by atoms with Crippen LogP contribution in [-0.4, -0.2) is 16.7 Å². The number of anilines is 1. The van der Waals surface area contributed by atoms with Gasteiger partial charge in [0.05, 0.1) is 5.57 Å². The lowest BCUT2D eigenvalue weighted by Gasteiger charge is -2.38. The fourth-order valence-corrected chi connectivity index (χ4v) is 4.18. The van der Waals surface area contributed by atoms with Gasteiger partial charge in [-0.1, -0.05) is 61.9 Å². The molecule has 0 bridgehead atoms. The van der Waals surface area contributed by atoms with Gasteiger partial charge in [0.25, 0.3) is 0 Å². The standard InChI is InChI=1S/C23H23NO3/c1-15-9-11-17(12-10-15)24-18-13-22(2,3)14-19(25)20(18)21(26)23(24,27)16-7-5-4-6-8-16/h4-12,27H,13-14H2,1-3H3. The number of Topliss-reactive ketones (excluding diaryl/α,β-unsaturated/α-hetero) is 2. The molecule has 0 saturated carbocycles. The molecule has 1 atom stereocenters. The number of hydrogen-bond acceptors (Lipinski definition) is 4. The molecule has 0 fully saturated rings. The van der Waals surface area contributed by atoms with Gasteiger partial charge in [-0.2, -0.15) is 0 Å². The van der Waals surface area contributed by atoms with E-state index >= 15 is 0 Å². The van der Waals surface area contributed by atoms with Crippen molar-refractivity contribution >= 4 is 17.3 Å². The van der Waals surface area contributed by atoms with E-state index in [2.05, 4.69) is 0 Å². The number of carbonyl (C=O) groups is 2. The van der Waals surface area contributed by atoms with Crippen LogP contribution < -0.4 is 4.90 Å². The number of aliphatic hydroxyl groups is 1. The summed E-state index contributed by atoms with van der Waals surface area (Å²) in [6.07, 6.45) is 0.868. The Bertz CT molecular complexity index is 957. The first-order valence-corrected chi connectivity index (χ1v) is 9.20. The molecule has 0 amide bonds. The van der Waals surface area contributed by atoms with Crippen LogP contribution in [0.2, 0.25) is 0 Å². The Kier molecular flexibility index (Phi) is 3.86. The van der Waals surface area contributed by atoms with Crippen molar-refractivity contribution in [2.75, 3.05) is 4.90 Å². The minimum Gasteiger partial charge on any atom is -0.360 e. The zero-order valence-electron chi connectivity index (χ0n) is 15.8.